The second-order valence-corrected chi connectivity index (χ2v) is 7.68. The normalized spacial score (nSPS) is 13.3. The first-order chi connectivity index (χ1) is 15.2. The smallest absolute Gasteiger partial charge is 0.321 e. The Kier molecular flexibility index (Phi) is 6.31. The van der Waals surface area contributed by atoms with Crippen LogP contribution < -0.4 is 5.32 Å². The van der Waals surface area contributed by atoms with Crippen molar-refractivity contribution in [2.75, 3.05) is 5.32 Å². The van der Waals surface area contributed by atoms with E-state index in [1.807, 2.05) is 0 Å². The summed E-state index contributed by atoms with van der Waals surface area (Å²) in [5, 5.41) is 10.4. The van der Waals surface area contributed by atoms with Crippen molar-refractivity contribution < 1.29 is 31.1 Å². The molecule has 1 aromatic carbocycles. The number of alkyl halides is 6. The molecule has 3 rings (SSSR count). The molecule has 0 aliphatic carbocycles. The zero-order valence-electron chi connectivity index (χ0n) is 18.1. The molecule has 1 amide bonds. The zero-order valence-corrected chi connectivity index (χ0v) is 18.1. The second-order valence-electron chi connectivity index (χ2n) is 7.68. The molecule has 1 N–H and O–H groups in total. The third-order valence-electron chi connectivity index (χ3n) is 5.18. The average Bonchev–Trinajstić information content (AvgIpc) is 3.22. The molecule has 3 aromatic rings. The average molecular weight is 473 g/mol. The molecule has 12 heteroatoms. The Morgan fingerprint density at radius 2 is 1.70 bits per heavy atom. The summed E-state index contributed by atoms with van der Waals surface area (Å²) >= 11 is 0. The molecule has 6 nitrogen and oxygen atoms in total. The van der Waals surface area contributed by atoms with Crippen LogP contribution in [0.1, 0.15) is 46.9 Å². The van der Waals surface area contributed by atoms with Gasteiger partial charge in [0.05, 0.1) is 29.2 Å². The van der Waals surface area contributed by atoms with Crippen LogP contribution in [0.25, 0.3) is 0 Å². The van der Waals surface area contributed by atoms with Crippen LogP contribution in [0.15, 0.2) is 30.3 Å². The fraction of sp³-hybridized carbons (Fsp3) is 0.381. The number of nitrogens with one attached hydrogen (secondary N) is 1. The highest BCUT2D eigenvalue weighted by Crippen LogP contribution is 2.31. The minimum atomic E-state index is -4.63. The van der Waals surface area contributed by atoms with Crippen LogP contribution in [0.2, 0.25) is 0 Å². The quantitative estimate of drug-likeness (QED) is 0.512. The molecule has 0 aliphatic rings. The number of rotatable bonds is 5. The van der Waals surface area contributed by atoms with Gasteiger partial charge in [-0.2, -0.15) is 36.5 Å². The summed E-state index contributed by atoms with van der Waals surface area (Å²) in [6.07, 6.45) is -9.11. The van der Waals surface area contributed by atoms with Gasteiger partial charge in [0.1, 0.15) is 6.04 Å². The van der Waals surface area contributed by atoms with Crippen molar-refractivity contribution in [2.45, 2.75) is 52.6 Å². The lowest BCUT2D eigenvalue weighted by atomic mass is 10.1. The van der Waals surface area contributed by atoms with Gasteiger partial charge in [-0.1, -0.05) is 12.1 Å². The summed E-state index contributed by atoms with van der Waals surface area (Å²) in [6, 6.07) is 4.63. The molecule has 0 saturated heterocycles. The van der Waals surface area contributed by atoms with Crippen molar-refractivity contribution in [2.24, 2.45) is 0 Å². The van der Waals surface area contributed by atoms with E-state index in [0.29, 0.717) is 22.6 Å². The van der Waals surface area contributed by atoms with Crippen molar-refractivity contribution in [3.63, 3.8) is 0 Å². The molecule has 178 valence electrons. The van der Waals surface area contributed by atoms with Gasteiger partial charge in [-0.25, -0.2) is 0 Å². The molecule has 2 aromatic heterocycles. The molecule has 0 radical (unpaired) electrons. The van der Waals surface area contributed by atoms with Crippen LogP contribution in [0, 0.1) is 20.8 Å². The van der Waals surface area contributed by atoms with Crippen LogP contribution in [-0.2, 0) is 23.7 Å². The minimum absolute atomic E-state index is 0.0369. The molecule has 0 aliphatic heterocycles. The van der Waals surface area contributed by atoms with E-state index in [2.05, 4.69) is 15.5 Å². The number of benzene rings is 1. The van der Waals surface area contributed by atoms with Crippen LogP contribution >= 0.6 is 0 Å². The molecule has 1 unspecified atom stereocenters. The molecule has 0 fully saturated rings. The topological polar surface area (TPSA) is 64.7 Å². The van der Waals surface area contributed by atoms with E-state index in [4.69, 9.17) is 0 Å². The SMILES string of the molecule is Cc1nn(Cc2cccc(C(F)(F)F)c2)c(C)c1NC(=O)C(C)n1nc(C(F)(F)F)cc1C. The van der Waals surface area contributed by atoms with Crippen LogP contribution in [0.4, 0.5) is 32.0 Å². The Labute approximate surface area is 185 Å². The van der Waals surface area contributed by atoms with Gasteiger partial charge < -0.3 is 5.32 Å². The molecular weight excluding hydrogens is 452 g/mol. The van der Waals surface area contributed by atoms with E-state index in [1.165, 1.54) is 30.7 Å². The Bertz CT molecular complexity index is 1180. The fourth-order valence-corrected chi connectivity index (χ4v) is 3.41. The van der Waals surface area contributed by atoms with Gasteiger partial charge in [0.25, 0.3) is 0 Å². The Morgan fingerprint density at radius 1 is 1.03 bits per heavy atom. The first-order valence-corrected chi connectivity index (χ1v) is 9.83. The lowest BCUT2D eigenvalue weighted by Gasteiger charge is -2.15. The maximum Gasteiger partial charge on any atom is 0.435 e. The summed E-state index contributed by atoms with van der Waals surface area (Å²) in [5.74, 6) is -0.611. The Balaban J connectivity index is 1.81. The van der Waals surface area contributed by atoms with Crippen LogP contribution in [0.3, 0.4) is 0 Å². The van der Waals surface area contributed by atoms with Gasteiger partial charge in [0, 0.05) is 5.69 Å². The number of aromatic nitrogens is 4. The molecule has 1 atom stereocenters. The predicted molar refractivity (Wildman–Crippen MR) is 108 cm³/mol. The minimum Gasteiger partial charge on any atom is -0.321 e. The van der Waals surface area contributed by atoms with E-state index < -0.39 is 35.6 Å². The lowest BCUT2D eigenvalue weighted by Crippen LogP contribution is -2.26. The second kappa shape index (κ2) is 8.56. The third kappa shape index (κ3) is 5.20. The number of carbonyl (C=O) groups excluding carboxylic acids is 1. The predicted octanol–water partition coefficient (Wildman–Crippen LogP) is 5.29. The number of amides is 1. The van der Waals surface area contributed by atoms with E-state index >= 15 is 0 Å². The first-order valence-electron chi connectivity index (χ1n) is 9.83. The molecular formula is C21H21F6N5O. The van der Waals surface area contributed by atoms with Crippen molar-refractivity contribution in [3.05, 3.63) is 64.2 Å². The number of anilines is 1. The standard InChI is InChI=1S/C21H21F6N5O/c1-11-8-17(21(25,26)27)30-32(11)14(4)19(33)28-18-12(2)29-31(13(18)3)10-15-6-5-7-16(9-15)20(22,23)24/h5-9,14H,10H2,1-4H3,(H,28,33). The number of carbonyl (C=O) groups is 1. The van der Waals surface area contributed by atoms with Gasteiger partial charge in [-0.15, -0.1) is 0 Å². The van der Waals surface area contributed by atoms with Crippen molar-refractivity contribution in [3.8, 4) is 0 Å². The summed E-state index contributed by atoms with van der Waals surface area (Å²) in [7, 11) is 0. The van der Waals surface area contributed by atoms with Crippen LogP contribution in [0.5, 0.6) is 0 Å². The maximum absolute atomic E-state index is 13.0. The zero-order chi connectivity index (χ0) is 24.7. The number of hydrogen-bond acceptors (Lipinski definition) is 3. The van der Waals surface area contributed by atoms with Gasteiger partial charge >= 0.3 is 12.4 Å². The molecule has 2 heterocycles. The highest BCUT2D eigenvalue weighted by molar-refractivity contribution is 5.94. The Hall–Kier alpha value is -3.31. The largest absolute Gasteiger partial charge is 0.435 e. The number of halogens is 6. The van der Waals surface area contributed by atoms with Crippen molar-refractivity contribution in [1.29, 1.82) is 0 Å². The summed E-state index contributed by atoms with van der Waals surface area (Å²) in [5.41, 5.74) is -0.115. The lowest BCUT2D eigenvalue weighted by molar-refractivity contribution is -0.142. The third-order valence-corrected chi connectivity index (χ3v) is 5.18. The number of nitrogens with zero attached hydrogens (tertiary/aromatic N) is 4. The summed E-state index contributed by atoms with van der Waals surface area (Å²) in [6.45, 7) is 6.10. The van der Waals surface area contributed by atoms with Crippen molar-refractivity contribution >= 4 is 11.6 Å². The summed E-state index contributed by atoms with van der Waals surface area (Å²) in [4.78, 5) is 12.7. The first kappa shape index (κ1) is 24.3. The van der Waals surface area contributed by atoms with Gasteiger partial charge in [-0.3, -0.25) is 14.2 Å². The number of hydrogen-bond donors (Lipinski definition) is 1. The molecule has 0 saturated carbocycles. The van der Waals surface area contributed by atoms with Gasteiger partial charge in [0.15, 0.2) is 5.69 Å². The highest BCUT2D eigenvalue weighted by Gasteiger charge is 2.35. The fourth-order valence-electron chi connectivity index (χ4n) is 3.41. The van der Waals surface area contributed by atoms with E-state index in [9.17, 15) is 31.1 Å². The monoisotopic (exact) mass is 473 g/mol. The van der Waals surface area contributed by atoms with Crippen LogP contribution in [-0.4, -0.2) is 25.5 Å². The van der Waals surface area contributed by atoms with E-state index in [0.717, 1.165) is 22.9 Å². The highest BCUT2D eigenvalue weighted by atomic mass is 19.4. The molecule has 0 bridgehead atoms. The summed E-state index contributed by atoms with van der Waals surface area (Å²) < 4.78 is 80.1. The Morgan fingerprint density at radius 3 is 2.27 bits per heavy atom. The van der Waals surface area contributed by atoms with E-state index in [-0.39, 0.29) is 12.2 Å². The number of aryl methyl sites for hydroxylation is 2. The van der Waals surface area contributed by atoms with E-state index in [1.54, 1.807) is 13.8 Å². The maximum atomic E-state index is 13.0. The van der Waals surface area contributed by atoms with Gasteiger partial charge in [-0.05, 0) is 51.5 Å². The molecule has 33 heavy (non-hydrogen) atoms. The van der Waals surface area contributed by atoms with Gasteiger partial charge in [0.2, 0.25) is 5.91 Å². The van der Waals surface area contributed by atoms with Crippen molar-refractivity contribution in [1.82, 2.24) is 19.6 Å². The molecule has 0 spiro atoms.